The van der Waals surface area contributed by atoms with Gasteiger partial charge in [-0.2, -0.15) is 79.0 Å². The van der Waals surface area contributed by atoms with Crippen LogP contribution >= 0.6 is 0 Å². The van der Waals surface area contributed by atoms with Crippen molar-refractivity contribution in [2.75, 3.05) is 13.2 Å². The number of ether oxygens (including phenoxy) is 2. The van der Waals surface area contributed by atoms with E-state index in [9.17, 15) is 94.2 Å². The first-order valence-electron chi connectivity index (χ1n) is 12.9. The number of benzene rings is 1. The minimum Gasteiger partial charge on any atom is -0.490 e. The first-order valence-corrected chi connectivity index (χ1v) is 12.9. The summed E-state index contributed by atoms with van der Waals surface area (Å²) >= 11 is 0. The SMILES string of the molecule is CC(C)C(O)c1cc(OCCCC(F)(F)C(F)(F)C(F)(F)C(F)(F)F)c(OCCCC(F)(F)C(F)(F)C(F)(F)C(F)(F)F)cc1[N+](=O)[O-]. The standard InChI is InChI=1S/C24H23F18NO5/c1-11(2)16(44)12-9-14(47-7-3-5-17(25,26)19(29,30)21(33,34)23(37,38)39)15(10-13(12)43(45)46)48-8-4-6-18(27,28)20(31,32)22(35,36)24(40,41)42/h9-11,16,44H,3-8H2,1-2H3. The molecule has 1 atom stereocenters. The maximum Gasteiger partial charge on any atom is 0.460 e. The van der Waals surface area contributed by atoms with Crippen molar-refractivity contribution in [3.8, 4) is 11.5 Å². The molecular formula is C24H23F18NO5. The van der Waals surface area contributed by atoms with E-state index in [4.69, 9.17) is 9.47 Å². The molecule has 0 saturated heterocycles. The van der Waals surface area contributed by atoms with Gasteiger partial charge >= 0.3 is 47.9 Å². The number of nitro groups is 1. The first-order chi connectivity index (χ1) is 21.2. The molecule has 48 heavy (non-hydrogen) atoms. The molecule has 1 aromatic carbocycles. The number of alkyl halides is 18. The van der Waals surface area contributed by atoms with E-state index in [1.807, 2.05) is 0 Å². The lowest BCUT2D eigenvalue weighted by Gasteiger charge is -2.33. The van der Waals surface area contributed by atoms with Crippen LogP contribution in [-0.4, -0.2) is 71.1 Å². The van der Waals surface area contributed by atoms with Gasteiger partial charge in [0.2, 0.25) is 0 Å². The third-order valence-corrected chi connectivity index (χ3v) is 6.44. The number of nitrogens with zero attached hydrogens (tertiary/aromatic N) is 1. The smallest absolute Gasteiger partial charge is 0.460 e. The molecule has 0 fully saturated rings. The predicted molar refractivity (Wildman–Crippen MR) is 124 cm³/mol. The Hall–Kier alpha value is -3.08. The molecule has 0 aromatic heterocycles. The Morgan fingerprint density at radius 3 is 1.27 bits per heavy atom. The van der Waals surface area contributed by atoms with Crippen LogP contribution in [0.5, 0.6) is 11.5 Å². The van der Waals surface area contributed by atoms with Gasteiger partial charge in [0, 0.05) is 12.8 Å². The number of hydrogen-bond donors (Lipinski definition) is 1. The summed E-state index contributed by atoms with van der Waals surface area (Å²) < 4.78 is 245. The highest BCUT2D eigenvalue weighted by Gasteiger charge is 2.82. The van der Waals surface area contributed by atoms with Crippen molar-refractivity contribution in [1.82, 2.24) is 0 Å². The first kappa shape index (κ1) is 42.9. The van der Waals surface area contributed by atoms with Crippen molar-refractivity contribution in [3.63, 3.8) is 0 Å². The van der Waals surface area contributed by atoms with Gasteiger partial charge < -0.3 is 14.6 Å². The number of aliphatic hydroxyl groups is 1. The quantitative estimate of drug-likeness (QED) is 0.0744. The van der Waals surface area contributed by atoms with Crippen LogP contribution in [0.2, 0.25) is 0 Å². The normalized spacial score (nSPS) is 15.1. The molecule has 0 aliphatic heterocycles. The minimum atomic E-state index is -7.21. The highest BCUT2D eigenvalue weighted by molar-refractivity contribution is 5.55. The van der Waals surface area contributed by atoms with E-state index in [1.165, 1.54) is 13.8 Å². The number of nitro benzene ring substituents is 1. The Morgan fingerprint density at radius 2 is 0.979 bits per heavy atom. The van der Waals surface area contributed by atoms with Crippen LogP contribution < -0.4 is 9.47 Å². The Labute approximate surface area is 257 Å². The summed E-state index contributed by atoms with van der Waals surface area (Å²) in [6.45, 7) is -0.0295. The van der Waals surface area contributed by atoms with Crippen LogP contribution in [-0.2, 0) is 0 Å². The van der Waals surface area contributed by atoms with Gasteiger partial charge in [-0.1, -0.05) is 13.8 Å². The minimum absolute atomic E-state index is 0.355. The van der Waals surface area contributed by atoms with Crippen molar-refractivity contribution in [2.24, 2.45) is 5.92 Å². The molecule has 1 aromatic rings. The fraction of sp³-hybridized carbons (Fsp3) is 0.750. The molecule has 0 heterocycles. The fourth-order valence-corrected chi connectivity index (χ4v) is 3.63. The second-order valence-corrected chi connectivity index (χ2v) is 10.4. The second kappa shape index (κ2) is 14.0. The highest BCUT2D eigenvalue weighted by atomic mass is 19.4. The molecule has 0 spiro atoms. The molecule has 6 nitrogen and oxygen atoms in total. The maximum absolute atomic E-state index is 13.8. The maximum atomic E-state index is 13.8. The molecule has 0 radical (unpaired) electrons. The topological polar surface area (TPSA) is 81.8 Å². The van der Waals surface area contributed by atoms with E-state index in [2.05, 4.69) is 0 Å². The summed E-state index contributed by atoms with van der Waals surface area (Å²) in [5.41, 5.74) is -1.68. The van der Waals surface area contributed by atoms with E-state index >= 15 is 0 Å². The monoisotopic (exact) mass is 747 g/mol. The van der Waals surface area contributed by atoms with Gasteiger partial charge in [0.25, 0.3) is 5.69 Å². The molecule has 0 amide bonds. The van der Waals surface area contributed by atoms with Crippen molar-refractivity contribution in [1.29, 1.82) is 0 Å². The van der Waals surface area contributed by atoms with Crippen molar-refractivity contribution < 1.29 is 98.5 Å². The molecular weight excluding hydrogens is 724 g/mol. The fourth-order valence-electron chi connectivity index (χ4n) is 3.63. The van der Waals surface area contributed by atoms with Gasteiger partial charge in [-0.25, -0.2) is 0 Å². The summed E-state index contributed by atoms with van der Waals surface area (Å²) in [6, 6.07) is 0.892. The second-order valence-electron chi connectivity index (χ2n) is 10.4. The van der Waals surface area contributed by atoms with Crippen molar-refractivity contribution >= 4 is 5.69 Å². The zero-order chi connectivity index (χ0) is 38.1. The average Bonchev–Trinajstić information content (AvgIpc) is 2.91. The van der Waals surface area contributed by atoms with E-state index in [-0.39, 0.29) is 0 Å². The van der Waals surface area contributed by atoms with Crippen LogP contribution in [0.3, 0.4) is 0 Å². The van der Waals surface area contributed by atoms with Gasteiger partial charge in [-0.05, 0) is 24.8 Å². The summed E-state index contributed by atoms with van der Waals surface area (Å²) in [4.78, 5) is 10.3. The molecule has 0 aliphatic carbocycles. The Balaban J connectivity index is 3.29. The molecule has 280 valence electrons. The lowest BCUT2D eigenvalue weighted by molar-refractivity contribution is -0.396. The zero-order valence-electron chi connectivity index (χ0n) is 23.9. The van der Waals surface area contributed by atoms with E-state index in [1.54, 1.807) is 0 Å². The van der Waals surface area contributed by atoms with Crippen LogP contribution in [0.25, 0.3) is 0 Å². The van der Waals surface area contributed by atoms with Gasteiger partial charge in [-0.15, -0.1) is 0 Å². The van der Waals surface area contributed by atoms with Gasteiger partial charge in [-0.3, -0.25) is 10.1 Å². The van der Waals surface area contributed by atoms with Crippen LogP contribution in [0.4, 0.5) is 84.7 Å². The Morgan fingerprint density at radius 1 is 0.646 bits per heavy atom. The summed E-state index contributed by atoms with van der Waals surface area (Å²) in [5.74, 6) is -43.2. The van der Waals surface area contributed by atoms with E-state index in [0.29, 0.717) is 12.1 Å². The van der Waals surface area contributed by atoms with E-state index < -0.39 is 126 Å². The molecule has 1 N–H and O–H groups in total. The van der Waals surface area contributed by atoms with Crippen LogP contribution in [0.1, 0.15) is 51.2 Å². The molecule has 24 heteroatoms. The molecule has 0 saturated carbocycles. The van der Waals surface area contributed by atoms with Gasteiger partial charge in [0.1, 0.15) is 0 Å². The lowest BCUT2D eigenvalue weighted by atomic mass is 9.97. The number of rotatable bonds is 17. The van der Waals surface area contributed by atoms with Crippen molar-refractivity contribution in [2.45, 2.75) is 93.5 Å². The average molecular weight is 747 g/mol. The summed E-state index contributed by atoms with van der Waals surface area (Å²) in [7, 11) is 0. The highest BCUT2D eigenvalue weighted by Crippen LogP contribution is 2.55. The van der Waals surface area contributed by atoms with Gasteiger partial charge in [0.05, 0.1) is 35.9 Å². The summed E-state index contributed by atoms with van der Waals surface area (Å²) in [5, 5.41) is 21.8. The number of hydrogen-bond acceptors (Lipinski definition) is 5. The number of aliphatic hydroxyl groups excluding tert-OH is 1. The Bertz CT molecular complexity index is 1260. The Kier molecular flexibility index (Phi) is 12.6. The molecule has 0 aliphatic rings. The largest absolute Gasteiger partial charge is 0.490 e. The number of halogens is 18. The molecule has 1 rings (SSSR count). The van der Waals surface area contributed by atoms with Crippen LogP contribution in [0, 0.1) is 16.0 Å². The van der Waals surface area contributed by atoms with Gasteiger partial charge in [0.15, 0.2) is 11.5 Å². The van der Waals surface area contributed by atoms with Crippen LogP contribution in [0.15, 0.2) is 12.1 Å². The molecule has 1 unspecified atom stereocenters. The zero-order valence-corrected chi connectivity index (χ0v) is 23.9. The predicted octanol–water partition coefficient (Wildman–Crippen LogP) is 9.54. The van der Waals surface area contributed by atoms with E-state index in [0.717, 1.165) is 0 Å². The third-order valence-electron chi connectivity index (χ3n) is 6.44. The lowest BCUT2D eigenvalue weighted by Crippen LogP contribution is -2.60. The third kappa shape index (κ3) is 8.37. The summed E-state index contributed by atoms with van der Waals surface area (Å²) in [6.07, 6.45) is -23.7. The van der Waals surface area contributed by atoms with Crippen molar-refractivity contribution in [3.05, 3.63) is 27.8 Å². The molecule has 0 bridgehead atoms.